The smallest absolute Gasteiger partial charge is 0.416 e. The maximum Gasteiger partial charge on any atom is 0.416 e. The summed E-state index contributed by atoms with van der Waals surface area (Å²) < 4.78 is 93.9. The van der Waals surface area contributed by atoms with Crippen LogP contribution in [-0.4, -0.2) is 26.4 Å². The van der Waals surface area contributed by atoms with Crippen molar-refractivity contribution in [3.8, 4) is 5.75 Å². The van der Waals surface area contributed by atoms with Gasteiger partial charge in [-0.2, -0.15) is 26.3 Å². The van der Waals surface area contributed by atoms with Crippen LogP contribution >= 0.6 is 0 Å². The number of nitrogens with zero attached hydrogens (tertiary/aromatic N) is 1. The van der Waals surface area contributed by atoms with Crippen molar-refractivity contribution in [3.05, 3.63) is 59.2 Å². The molecule has 0 amide bonds. The zero-order valence-corrected chi connectivity index (χ0v) is 15.1. The normalized spacial score (nSPS) is 12.6. The summed E-state index contributed by atoms with van der Waals surface area (Å²) in [5.41, 5.74) is -0.798. The number of halogens is 5. The SMILES string of the molecule is Cc1ccc(S(=O)(=O)N(C)Cc2cccc(OC(F)F)c2)cc1C(F)(F)F. The van der Waals surface area contributed by atoms with E-state index in [4.69, 9.17) is 0 Å². The molecule has 0 radical (unpaired) electrons. The van der Waals surface area contributed by atoms with E-state index in [0.717, 1.165) is 16.4 Å². The molecule has 2 rings (SSSR count). The van der Waals surface area contributed by atoms with Crippen molar-refractivity contribution < 1.29 is 35.1 Å². The maximum atomic E-state index is 13.0. The molecule has 0 N–H and O–H groups in total. The molecule has 0 heterocycles. The summed E-state index contributed by atoms with van der Waals surface area (Å²) in [6, 6.07) is 8.15. The third-order valence-corrected chi connectivity index (χ3v) is 5.55. The van der Waals surface area contributed by atoms with E-state index in [2.05, 4.69) is 4.74 Å². The quantitative estimate of drug-likeness (QED) is 0.663. The van der Waals surface area contributed by atoms with Crippen LogP contribution in [0.25, 0.3) is 0 Å². The fourth-order valence-electron chi connectivity index (χ4n) is 2.41. The van der Waals surface area contributed by atoms with Gasteiger partial charge in [-0.05, 0) is 42.3 Å². The lowest BCUT2D eigenvalue weighted by molar-refractivity contribution is -0.138. The Morgan fingerprint density at radius 2 is 1.78 bits per heavy atom. The molecule has 0 saturated heterocycles. The number of benzene rings is 2. The van der Waals surface area contributed by atoms with Crippen molar-refractivity contribution in [1.29, 1.82) is 0 Å². The highest BCUT2D eigenvalue weighted by Gasteiger charge is 2.34. The van der Waals surface area contributed by atoms with Crippen molar-refractivity contribution in [3.63, 3.8) is 0 Å². The van der Waals surface area contributed by atoms with Gasteiger partial charge < -0.3 is 4.74 Å². The fraction of sp³-hybridized carbons (Fsp3) is 0.294. The average molecular weight is 409 g/mol. The second-order valence-corrected chi connectivity index (χ2v) is 7.81. The van der Waals surface area contributed by atoms with E-state index in [0.29, 0.717) is 11.6 Å². The van der Waals surface area contributed by atoms with Gasteiger partial charge in [-0.3, -0.25) is 0 Å². The van der Waals surface area contributed by atoms with Crippen molar-refractivity contribution in [2.45, 2.75) is 31.2 Å². The van der Waals surface area contributed by atoms with Gasteiger partial charge in [0.25, 0.3) is 0 Å². The predicted octanol–water partition coefficient (Wildman–Crippen LogP) is 4.44. The van der Waals surface area contributed by atoms with Gasteiger partial charge in [-0.1, -0.05) is 18.2 Å². The van der Waals surface area contributed by atoms with Crippen LogP contribution < -0.4 is 4.74 Å². The third-order valence-electron chi connectivity index (χ3n) is 3.75. The Kier molecular flexibility index (Phi) is 6.10. The number of rotatable bonds is 6. The van der Waals surface area contributed by atoms with E-state index in [1.165, 1.54) is 38.2 Å². The number of aryl methyl sites for hydroxylation is 1. The van der Waals surface area contributed by atoms with Crippen LogP contribution in [0, 0.1) is 6.92 Å². The van der Waals surface area contributed by atoms with Crippen molar-refractivity contribution in [2.24, 2.45) is 0 Å². The number of sulfonamides is 1. The Bertz CT molecular complexity index is 913. The molecule has 10 heteroatoms. The molecule has 0 aromatic heterocycles. The molecule has 0 aliphatic rings. The first-order valence-corrected chi connectivity index (χ1v) is 9.03. The van der Waals surface area contributed by atoms with Gasteiger partial charge in [0.15, 0.2) is 0 Å². The minimum Gasteiger partial charge on any atom is -0.435 e. The molecule has 0 bridgehead atoms. The van der Waals surface area contributed by atoms with Crippen LogP contribution in [0.15, 0.2) is 47.4 Å². The van der Waals surface area contributed by atoms with E-state index < -0.39 is 33.3 Å². The average Bonchev–Trinajstić information content (AvgIpc) is 2.53. The Morgan fingerprint density at radius 3 is 2.37 bits per heavy atom. The minimum absolute atomic E-state index is 0.0963. The van der Waals surface area contributed by atoms with Crippen molar-refractivity contribution in [1.82, 2.24) is 4.31 Å². The topological polar surface area (TPSA) is 46.6 Å². The van der Waals surface area contributed by atoms with E-state index in [-0.39, 0.29) is 17.9 Å². The first-order chi connectivity index (χ1) is 12.4. The third kappa shape index (κ3) is 5.16. The first-order valence-electron chi connectivity index (χ1n) is 7.59. The molecule has 2 aromatic carbocycles. The number of ether oxygens (including phenoxy) is 1. The van der Waals surface area contributed by atoms with Gasteiger partial charge in [-0.15, -0.1) is 0 Å². The summed E-state index contributed by atoms with van der Waals surface area (Å²) in [4.78, 5) is -0.511. The van der Waals surface area contributed by atoms with Crippen LogP contribution in [0.4, 0.5) is 22.0 Å². The van der Waals surface area contributed by atoms with E-state index in [1.54, 1.807) is 0 Å². The molecule has 0 aliphatic heterocycles. The lowest BCUT2D eigenvalue weighted by Crippen LogP contribution is -2.27. The van der Waals surface area contributed by atoms with Crippen LogP contribution in [0.1, 0.15) is 16.7 Å². The second-order valence-electron chi connectivity index (χ2n) is 5.76. The fourth-order valence-corrected chi connectivity index (χ4v) is 3.59. The van der Waals surface area contributed by atoms with E-state index in [9.17, 15) is 30.4 Å². The number of hydrogen-bond acceptors (Lipinski definition) is 3. The summed E-state index contributed by atoms with van der Waals surface area (Å²) in [5, 5.41) is 0. The molecule has 0 saturated carbocycles. The summed E-state index contributed by atoms with van der Waals surface area (Å²) in [5.74, 6) is -0.150. The molecule has 148 valence electrons. The molecule has 27 heavy (non-hydrogen) atoms. The monoisotopic (exact) mass is 409 g/mol. The van der Waals surface area contributed by atoms with Crippen molar-refractivity contribution in [2.75, 3.05) is 7.05 Å². The van der Waals surface area contributed by atoms with Gasteiger partial charge in [0, 0.05) is 13.6 Å². The summed E-state index contributed by atoms with van der Waals surface area (Å²) in [6.07, 6.45) is -4.69. The minimum atomic E-state index is -4.69. The van der Waals surface area contributed by atoms with Crippen molar-refractivity contribution >= 4 is 10.0 Å². The first kappa shape index (κ1) is 21.1. The Morgan fingerprint density at radius 1 is 1.11 bits per heavy atom. The predicted molar refractivity (Wildman–Crippen MR) is 87.9 cm³/mol. The highest BCUT2D eigenvalue weighted by atomic mass is 32.2. The number of hydrogen-bond donors (Lipinski definition) is 0. The standard InChI is InChI=1S/C17H16F5NO3S/c1-11-6-7-14(9-15(11)17(20,21)22)27(24,25)23(2)10-12-4-3-5-13(8-12)26-16(18)19/h3-9,16H,10H2,1-2H3. The highest BCUT2D eigenvalue weighted by molar-refractivity contribution is 7.89. The molecule has 0 atom stereocenters. The Balaban J connectivity index is 2.29. The van der Waals surface area contributed by atoms with Crippen LogP contribution in [-0.2, 0) is 22.7 Å². The zero-order valence-electron chi connectivity index (χ0n) is 14.3. The van der Waals surface area contributed by atoms with Gasteiger partial charge in [0.2, 0.25) is 10.0 Å². The molecular formula is C17H16F5NO3S. The Hall–Kier alpha value is -2.20. The molecule has 0 fully saturated rings. The molecule has 2 aromatic rings. The van der Waals surface area contributed by atoms with E-state index >= 15 is 0 Å². The molecule has 4 nitrogen and oxygen atoms in total. The van der Waals surface area contributed by atoms with Gasteiger partial charge in [0.05, 0.1) is 10.5 Å². The highest BCUT2D eigenvalue weighted by Crippen LogP contribution is 2.33. The molecule has 0 aliphatic carbocycles. The van der Waals surface area contributed by atoms with Gasteiger partial charge in [0.1, 0.15) is 5.75 Å². The number of alkyl halides is 5. The molecule has 0 spiro atoms. The second kappa shape index (κ2) is 7.81. The molecular weight excluding hydrogens is 393 g/mol. The molecule has 0 unspecified atom stereocenters. The Labute approximate surface area is 153 Å². The largest absolute Gasteiger partial charge is 0.435 e. The maximum absolute atomic E-state index is 13.0. The van der Waals surface area contributed by atoms with Crippen LogP contribution in [0.2, 0.25) is 0 Å². The van der Waals surface area contributed by atoms with Crippen LogP contribution in [0.5, 0.6) is 5.75 Å². The lowest BCUT2D eigenvalue weighted by Gasteiger charge is -2.19. The zero-order chi connectivity index (χ0) is 20.4. The summed E-state index contributed by atoms with van der Waals surface area (Å²) >= 11 is 0. The lowest BCUT2D eigenvalue weighted by atomic mass is 10.1. The van der Waals surface area contributed by atoms with Gasteiger partial charge >= 0.3 is 12.8 Å². The van der Waals surface area contributed by atoms with Gasteiger partial charge in [-0.25, -0.2) is 8.42 Å². The van der Waals surface area contributed by atoms with E-state index in [1.807, 2.05) is 0 Å². The summed E-state index contributed by atoms with van der Waals surface area (Å²) in [6.45, 7) is -2.04. The summed E-state index contributed by atoms with van der Waals surface area (Å²) in [7, 11) is -3.04. The van der Waals surface area contributed by atoms with Crippen LogP contribution in [0.3, 0.4) is 0 Å².